The average molecular weight is 481 g/mol. The number of anilines is 1. The predicted molar refractivity (Wildman–Crippen MR) is 134 cm³/mol. The van der Waals surface area contributed by atoms with E-state index < -0.39 is 0 Å². The smallest absolute Gasteiger partial charge is 0.320 e. The van der Waals surface area contributed by atoms with Gasteiger partial charge in [0.05, 0.1) is 34.7 Å². The molecule has 0 bridgehead atoms. The summed E-state index contributed by atoms with van der Waals surface area (Å²) in [5.41, 5.74) is 4.25. The number of amides is 2. The molecule has 2 unspecified atom stereocenters. The highest BCUT2D eigenvalue weighted by atomic mass is 32.1. The first-order valence-electron chi connectivity index (χ1n) is 11.9. The number of nitrogens with one attached hydrogen (secondary N) is 2. The molecular formula is C25H32N6O2S. The third kappa shape index (κ3) is 4.60. The van der Waals surface area contributed by atoms with E-state index in [-0.39, 0.29) is 18.0 Å². The fourth-order valence-corrected chi connectivity index (χ4v) is 6.26. The molecule has 9 heteroatoms. The molecule has 1 fully saturated rings. The lowest BCUT2D eigenvalue weighted by Crippen LogP contribution is -2.42. The number of likely N-dealkylation sites (tertiary alicyclic amines) is 1. The number of carbonyl (C=O) groups is 1. The number of para-hydroxylation sites is 1. The lowest BCUT2D eigenvalue weighted by molar-refractivity contribution is 0.159. The van der Waals surface area contributed by atoms with Crippen LogP contribution in [0.2, 0.25) is 0 Å². The van der Waals surface area contributed by atoms with Gasteiger partial charge in [-0.1, -0.05) is 18.2 Å². The summed E-state index contributed by atoms with van der Waals surface area (Å²) in [5.74, 6) is 0.991. The Morgan fingerprint density at radius 2 is 2.03 bits per heavy atom. The molecule has 1 aromatic carbocycles. The molecule has 1 aliphatic heterocycles. The molecule has 180 valence electrons. The number of aromatic nitrogens is 3. The van der Waals surface area contributed by atoms with Gasteiger partial charge in [0.1, 0.15) is 5.82 Å². The maximum Gasteiger partial charge on any atom is 0.320 e. The van der Waals surface area contributed by atoms with E-state index in [1.807, 2.05) is 41.9 Å². The van der Waals surface area contributed by atoms with E-state index in [9.17, 15) is 4.79 Å². The second kappa shape index (κ2) is 9.85. The summed E-state index contributed by atoms with van der Waals surface area (Å²) in [6, 6.07) is 9.80. The van der Waals surface area contributed by atoms with Gasteiger partial charge in [-0.3, -0.25) is 10.2 Å². The molecular weight excluding hydrogens is 448 g/mol. The van der Waals surface area contributed by atoms with Gasteiger partial charge < -0.3 is 10.1 Å². The zero-order valence-corrected chi connectivity index (χ0v) is 20.8. The van der Waals surface area contributed by atoms with Crippen LogP contribution in [0.1, 0.15) is 39.2 Å². The average Bonchev–Trinajstić information content (AvgIpc) is 3.58. The molecule has 8 nitrogen and oxygen atoms in total. The van der Waals surface area contributed by atoms with Crippen molar-refractivity contribution in [3.63, 3.8) is 0 Å². The highest BCUT2D eigenvalue weighted by Crippen LogP contribution is 2.34. The normalized spacial score (nSPS) is 20.0. The molecule has 1 aliphatic carbocycles. The van der Waals surface area contributed by atoms with E-state index in [4.69, 9.17) is 9.84 Å². The van der Waals surface area contributed by atoms with Gasteiger partial charge in [0, 0.05) is 43.1 Å². The van der Waals surface area contributed by atoms with Crippen LogP contribution in [0.3, 0.4) is 0 Å². The topological polar surface area (TPSA) is 84.3 Å². The standard InChI is InChI=1S/C25H32N6O2S/c1-16-23(34-17(2)26-16)20-14-30(12-13-33-3)15-22(20)27-25(32)28-24-19-10-7-11-21(19)29-31(24)18-8-5-4-6-9-18/h4-6,8-9,20,22H,7,10-15H2,1-3H3,(H2,27,28,32). The molecule has 3 heterocycles. The molecule has 0 spiro atoms. The Hall–Kier alpha value is -2.75. The van der Waals surface area contributed by atoms with Crippen LogP contribution < -0.4 is 10.6 Å². The van der Waals surface area contributed by atoms with Gasteiger partial charge in [-0.15, -0.1) is 11.3 Å². The first-order chi connectivity index (χ1) is 16.5. The molecule has 0 radical (unpaired) electrons. The second-order valence-corrected chi connectivity index (χ2v) is 10.4. The van der Waals surface area contributed by atoms with Gasteiger partial charge in [0.2, 0.25) is 0 Å². The SMILES string of the molecule is COCCN1CC(NC(=O)Nc2c3c(nn2-c2ccccc2)CCC3)C(c2sc(C)nc2C)C1. The van der Waals surface area contributed by atoms with Crippen molar-refractivity contribution in [2.45, 2.75) is 45.1 Å². The van der Waals surface area contributed by atoms with Gasteiger partial charge in [0.25, 0.3) is 0 Å². The summed E-state index contributed by atoms with van der Waals surface area (Å²) in [7, 11) is 1.72. The zero-order chi connectivity index (χ0) is 23.7. The van der Waals surface area contributed by atoms with Crippen molar-refractivity contribution in [3.8, 4) is 5.69 Å². The summed E-state index contributed by atoms with van der Waals surface area (Å²) in [6.07, 6.45) is 2.97. The summed E-state index contributed by atoms with van der Waals surface area (Å²) in [4.78, 5) is 21.6. The quantitative estimate of drug-likeness (QED) is 0.539. The Balaban J connectivity index is 1.37. The number of nitrogens with zero attached hydrogens (tertiary/aromatic N) is 4. The van der Waals surface area contributed by atoms with Crippen molar-refractivity contribution in [1.82, 2.24) is 25.0 Å². The lowest BCUT2D eigenvalue weighted by atomic mass is 10.0. The molecule has 2 amide bonds. The summed E-state index contributed by atoms with van der Waals surface area (Å²) < 4.78 is 7.17. The first-order valence-corrected chi connectivity index (χ1v) is 12.7. The maximum atomic E-state index is 13.3. The number of aryl methyl sites for hydroxylation is 3. The number of carbonyl (C=O) groups excluding carboxylic acids is 1. The van der Waals surface area contributed by atoms with Crippen LogP contribution in [-0.2, 0) is 17.6 Å². The zero-order valence-electron chi connectivity index (χ0n) is 20.0. The van der Waals surface area contributed by atoms with Gasteiger partial charge >= 0.3 is 6.03 Å². The van der Waals surface area contributed by atoms with Gasteiger partial charge in [-0.05, 0) is 45.2 Å². The Labute approximate surface area is 204 Å². The van der Waals surface area contributed by atoms with Crippen LogP contribution in [0.25, 0.3) is 5.69 Å². The van der Waals surface area contributed by atoms with Gasteiger partial charge in [-0.25, -0.2) is 14.5 Å². The molecule has 0 saturated carbocycles. The number of hydrogen-bond donors (Lipinski definition) is 2. The fourth-order valence-electron chi connectivity index (χ4n) is 5.18. The van der Waals surface area contributed by atoms with E-state index in [0.29, 0.717) is 6.61 Å². The summed E-state index contributed by atoms with van der Waals surface area (Å²) >= 11 is 1.73. The van der Waals surface area contributed by atoms with Crippen LogP contribution in [-0.4, -0.2) is 65.1 Å². The second-order valence-electron chi connectivity index (χ2n) is 9.12. The minimum absolute atomic E-state index is 0.00319. The number of thiazole rings is 1. The van der Waals surface area contributed by atoms with Crippen molar-refractivity contribution in [2.24, 2.45) is 0 Å². The molecule has 2 aromatic heterocycles. The molecule has 1 saturated heterocycles. The van der Waals surface area contributed by atoms with E-state index in [2.05, 4.69) is 27.4 Å². The number of ether oxygens (including phenoxy) is 1. The molecule has 5 rings (SSSR count). The largest absolute Gasteiger partial charge is 0.383 e. The van der Waals surface area contributed by atoms with Crippen LogP contribution in [0, 0.1) is 13.8 Å². The van der Waals surface area contributed by atoms with E-state index in [0.717, 1.165) is 72.4 Å². The summed E-state index contributed by atoms with van der Waals surface area (Å²) in [6.45, 7) is 7.30. The Bertz CT molecular complexity index is 1160. The van der Waals surface area contributed by atoms with Crippen molar-refractivity contribution in [2.75, 3.05) is 38.7 Å². The molecule has 3 aromatic rings. The maximum absolute atomic E-state index is 13.3. The van der Waals surface area contributed by atoms with Gasteiger partial charge in [0.15, 0.2) is 0 Å². The predicted octanol–water partition coefficient (Wildman–Crippen LogP) is 3.67. The van der Waals surface area contributed by atoms with Gasteiger partial charge in [-0.2, -0.15) is 5.10 Å². The van der Waals surface area contributed by atoms with Crippen molar-refractivity contribution < 1.29 is 9.53 Å². The number of hydrogen-bond acceptors (Lipinski definition) is 6. The third-order valence-corrected chi connectivity index (χ3v) is 7.94. The molecule has 2 atom stereocenters. The third-order valence-electron chi connectivity index (χ3n) is 6.74. The van der Waals surface area contributed by atoms with Crippen LogP contribution >= 0.6 is 11.3 Å². The number of rotatable bonds is 7. The summed E-state index contributed by atoms with van der Waals surface area (Å²) in [5, 5.41) is 12.3. The number of methoxy groups -OCH3 is 1. The highest BCUT2D eigenvalue weighted by molar-refractivity contribution is 7.11. The van der Waals surface area contributed by atoms with E-state index >= 15 is 0 Å². The number of benzene rings is 1. The molecule has 34 heavy (non-hydrogen) atoms. The van der Waals surface area contributed by atoms with Crippen molar-refractivity contribution in [1.29, 1.82) is 0 Å². The Kier molecular flexibility index (Phi) is 6.67. The Morgan fingerprint density at radius 3 is 2.76 bits per heavy atom. The lowest BCUT2D eigenvalue weighted by Gasteiger charge is -2.20. The van der Waals surface area contributed by atoms with Crippen molar-refractivity contribution in [3.05, 3.63) is 57.2 Å². The molecule has 2 N–H and O–H groups in total. The van der Waals surface area contributed by atoms with Crippen molar-refractivity contribution >= 4 is 23.2 Å². The fraction of sp³-hybridized carbons (Fsp3) is 0.480. The van der Waals surface area contributed by atoms with Crippen LogP contribution in [0.5, 0.6) is 0 Å². The number of fused-ring (bicyclic) bond motifs is 1. The molecule has 2 aliphatic rings. The Morgan fingerprint density at radius 1 is 1.21 bits per heavy atom. The first kappa shape index (κ1) is 23.0. The van der Waals surface area contributed by atoms with Crippen LogP contribution in [0.15, 0.2) is 30.3 Å². The number of urea groups is 1. The minimum atomic E-state index is -0.186. The van der Waals surface area contributed by atoms with E-state index in [1.165, 1.54) is 4.88 Å². The minimum Gasteiger partial charge on any atom is -0.383 e. The van der Waals surface area contributed by atoms with E-state index in [1.54, 1.807) is 18.4 Å². The highest BCUT2D eigenvalue weighted by Gasteiger charge is 2.37. The monoisotopic (exact) mass is 480 g/mol. The van der Waals surface area contributed by atoms with Crippen LogP contribution in [0.4, 0.5) is 10.6 Å².